The van der Waals surface area contributed by atoms with E-state index >= 15 is 0 Å². The maximum absolute atomic E-state index is 12.1. The van der Waals surface area contributed by atoms with Crippen LogP contribution in [0, 0.1) is 13.8 Å². The van der Waals surface area contributed by atoms with E-state index in [0.717, 1.165) is 17.7 Å². The van der Waals surface area contributed by atoms with E-state index in [9.17, 15) is 4.79 Å². The monoisotopic (exact) mass is 249 g/mol. The highest BCUT2D eigenvalue weighted by atomic mass is 16.1. The first kappa shape index (κ1) is 14.5. The van der Waals surface area contributed by atoms with Crippen molar-refractivity contribution in [3.8, 4) is 0 Å². The summed E-state index contributed by atoms with van der Waals surface area (Å²) in [6.45, 7) is 6.67. The number of benzene rings is 1. The van der Waals surface area contributed by atoms with Crippen molar-refractivity contribution in [3.63, 3.8) is 0 Å². The van der Waals surface area contributed by atoms with Crippen LogP contribution in [0.3, 0.4) is 0 Å². The average molecular weight is 249 g/mol. The maximum atomic E-state index is 12.1. The van der Waals surface area contributed by atoms with Crippen molar-refractivity contribution in [1.82, 2.24) is 10.2 Å². The Bertz CT molecular complexity index is 441. The molecule has 1 aromatic carbocycles. The van der Waals surface area contributed by atoms with Crippen LogP contribution in [0.5, 0.6) is 0 Å². The van der Waals surface area contributed by atoms with Gasteiger partial charge in [0.25, 0.3) is 5.91 Å². The highest BCUT2D eigenvalue weighted by Gasteiger charge is 2.13. The first-order valence-electron chi connectivity index (χ1n) is 6.13. The van der Waals surface area contributed by atoms with E-state index in [1.807, 2.05) is 45.8 Å². The molecule has 0 fully saturated rings. The molecule has 1 aromatic rings. The van der Waals surface area contributed by atoms with E-state index in [-0.39, 0.29) is 11.9 Å². The van der Waals surface area contributed by atoms with Crippen LogP contribution in [0.1, 0.15) is 28.4 Å². The van der Waals surface area contributed by atoms with Crippen molar-refractivity contribution in [1.29, 1.82) is 0 Å². The molecule has 0 aliphatic heterocycles. The van der Waals surface area contributed by atoms with Crippen LogP contribution in [-0.2, 0) is 0 Å². The third-order valence-electron chi connectivity index (χ3n) is 2.87. The van der Waals surface area contributed by atoms with Crippen LogP contribution in [-0.4, -0.2) is 37.5 Å². The lowest BCUT2D eigenvalue weighted by atomic mass is 10.0. The Labute approximate surface area is 109 Å². The minimum Gasteiger partial charge on any atom is -0.398 e. The lowest BCUT2D eigenvalue weighted by Crippen LogP contribution is -2.39. The molecule has 0 spiro atoms. The third-order valence-corrected chi connectivity index (χ3v) is 2.87. The molecule has 0 aromatic heterocycles. The molecule has 1 rings (SSSR count). The van der Waals surface area contributed by atoms with Crippen LogP contribution in [0.2, 0.25) is 0 Å². The molecule has 3 N–H and O–H groups in total. The average Bonchev–Trinajstić information content (AvgIpc) is 2.21. The molecule has 0 bridgehead atoms. The van der Waals surface area contributed by atoms with Gasteiger partial charge in [-0.05, 0) is 52.1 Å². The predicted octanol–water partition coefficient (Wildman–Crippen LogP) is 1.57. The number of aryl methyl sites for hydroxylation is 2. The van der Waals surface area contributed by atoms with Gasteiger partial charge in [0, 0.05) is 23.8 Å². The fourth-order valence-electron chi connectivity index (χ4n) is 2.01. The van der Waals surface area contributed by atoms with E-state index in [4.69, 9.17) is 5.73 Å². The van der Waals surface area contributed by atoms with Crippen LogP contribution in [0.4, 0.5) is 5.69 Å². The maximum Gasteiger partial charge on any atom is 0.251 e. The number of carbonyl (C=O) groups is 1. The molecule has 0 aliphatic carbocycles. The quantitative estimate of drug-likeness (QED) is 0.796. The van der Waals surface area contributed by atoms with Gasteiger partial charge in [0.15, 0.2) is 0 Å². The zero-order valence-electron chi connectivity index (χ0n) is 11.9. The predicted molar refractivity (Wildman–Crippen MR) is 75.8 cm³/mol. The molecule has 0 heterocycles. The van der Waals surface area contributed by atoms with E-state index in [1.54, 1.807) is 6.07 Å². The highest BCUT2D eigenvalue weighted by Crippen LogP contribution is 2.17. The Morgan fingerprint density at radius 3 is 2.50 bits per heavy atom. The largest absolute Gasteiger partial charge is 0.398 e. The normalized spacial score (nSPS) is 12.6. The molecule has 0 aliphatic rings. The lowest BCUT2D eigenvalue weighted by Gasteiger charge is -2.19. The number of nitrogens with one attached hydrogen (secondary N) is 1. The smallest absolute Gasteiger partial charge is 0.251 e. The van der Waals surface area contributed by atoms with Gasteiger partial charge in [-0.1, -0.05) is 6.07 Å². The van der Waals surface area contributed by atoms with Gasteiger partial charge in [0.1, 0.15) is 0 Å². The van der Waals surface area contributed by atoms with Crippen LogP contribution >= 0.6 is 0 Å². The SMILES string of the molecule is Cc1cc(C)c(C(=O)NC(C)CN(C)C)cc1N. The van der Waals surface area contributed by atoms with E-state index in [0.29, 0.717) is 11.3 Å². The van der Waals surface area contributed by atoms with Gasteiger partial charge in [0.05, 0.1) is 0 Å². The number of nitrogens with two attached hydrogens (primary N) is 1. The van der Waals surface area contributed by atoms with Crippen LogP contribution in [0.15, 0.2) is 12.1 Å². The minimum absolute atomic E-state index is 0.0615. The summed E-state index contributed by atoms with van der Waals surface area (Å²) in [7, 11) is 3.97. The summed E-state index contributed by atoms with van der Waals surface area (Å²) < 4.78 is 0. The molecule has 4 heteroatoms. The molecule has 100 valence electrons. The first-order valence-corrected chi connectivity index (χ1v) is 6.13. The molecule has 1 unspecified atom stereocenters. The topological polar surface area (TPSA) is 58.4 Å². The zero-order valence-corrected chi connectivity index (χ0v) is 11.9. The second-order valence-electron chi connectivity index (χ2n) is 5.16. The summed E-state index contributed by atoms with van der Waals surface area (Å²) in [5, 5.41) is 2.98. The molecule has 0 radical (unpaired) electrons. The number of nitrogens with zero attached hydrogens (tertiary/aromatic N) is 1. The zero-order chi connectivity index (χ0) is 13.9. The Morgan fingerprint density at radius 2 is 1.94 bits per heavy atom. The van der Waals surface area contributed by atoms with Crippen molar-refractivity contribution in [2.75, 3.05) is 26.4 Å². The van der Waals surface area contributed by atoms with Crippen molar-refractivity contribution < 1.29 is 4.79 Å². The van der Waals surface area contributed by atoms with Crippen LogP contribution < -0.4 is 11.1 Å². The number of hydrogen-bond acceptors (Lipinski definition) is 3. The van der Waals surface area contributed by atoms with Gasteiger partial charge in [0.2, 0.25) is 0 Å². The van der Waals surface area contributed by atoms with Gasteiger partial charge in [-0.15, -0.1) is 0 Å². The van der Waals surface area contributed by atoms with E-state index in [2.05, 4.69) is 5.32 Å². The number of carbonyl (C=O) groups excluding carboxylic acids is 1. The summed E-state index contributed by atoms with van der Waals surface area (Å²) in [4.78, 5) is 14.2. The number of likely N-dealkylation sites (N-methyl/N-ethyl adjacent to an activating group) is 1. The summed E-state index contributed by atoms with van der Waals surface area (Å²) >= 11 is 0. The second-order valence-corrected chi connectivity index (χ2v) is 5.16. The Kier molecular flexibility index (Phi) is 4.73. The van der Waals surface area contributed by atoms with Crippen molar-refractivity contribution in [2.24, 2.45) is 0 Å². The van der Waals surface area contributed by atoms with Crippen LogP contribution in [0.25, 0.3) is 0 Å². The Hall–Kier alpha value is -1.55. The standard InChI is InChI=1S/C14H23N3O/c1-9-6-10(2)13(15)7-12(9)14(18)16-11(3)8-17(4)5/h6-7,11H,8,15H2,1-5H3,(H,16,18). The first-order chi connectivity index (χ1) is 8.31. The van der Waals surface area contributed by atoms with Gasteiger partial charge < -0.3 is 16.0 Å². The Balaban J connectivity index is 2.82. The van der Waals surface area contributed by atoms with Crippen molar-refractivity contribution in [3.05, 3.63) is 28.8 Å². The van der Waals surface area contributed by atoms with E-state index < -0.39 is 0 Å². The van der Waals surface area contributed by atoms with Gasteiger partial charge in [-0.3, -0.25) is 4.79 Å². The lowest BCUT2D eigenvalue weighted by molar-refractivity contribution is 0.0934. The highest BCUT2D eigenvalue weighted by molar-refractivity contribution is 5.96. The number of hydrogen-bond donors (Lipinski definition) is 2. The van der Waals surface area contributed by atoms with Crippen molar-refractivity contribution in [2.45, 2.75) is 26.8 Å². The number of rotatable bonds is 4. The summed E-state index contributed by atoms with van der Waals surface area (Å²) in [6.07, 6.45) is 0. The number of anilines is 1. The summed E-state index contributed by atoms with van der Waals surface area (Å²) in [6, 6.07) is 3.80. The number of amides is 1. The molecule has 0 saturated heterocycles. The third kappa shape index (κ3) is 3.74. The molecule has 18 heavy (non-hydrogen) atoms. The molecule has 0 saturated carbocycles. The molecular formula is C14H23N3O. The molecular weight excluding hydrogens is 226 g/mol. The fraction of sp³-hybridized carbons (Fsp3) is 0.500. The second kappa shape index (κ2) is 5.87. The fourth-order valence-corrected chi connectivity index (χ4v) is 2.01. The van der Waals surface area contributed by atoms with Gasteiger partial charge in [-0.2, -0.15) is 0 Å². The van der Waals surface area contributed by atoms with E-state index in [1.165, 1.54) is 0 Å². The van der Waals surface area contributed by atoms with Gasteiger partial charge >= 0.3 is 0 Å². The summed E-state index contributed by atoms with van der Waals surface area (Å²) in [5.41, 5.74) is 9.13. The molecule has 4 nitrogen and oxygen atoms in total. The number of nitrogen functional groups attached to an aromatic ring is 1. The van der Waals surface area contributed by atoms with Gasteiger partial charge in [-0.25, -0.2) is 0 Å². The molecule has 1 amide bonds. The Morgan fingerprint density at radius 1 is 1.33 bits per heavy atom. The van der Waals surface area contributed by atoms with Crippen molar-refractivity contribution >= 4 is 11.6 Å². The minimum atomic E-state index is -0.0615. The molecule has 1 atom stereocenters. The summed E-state index contributed by atoms with van der Waals surface area (Å²) in [5.74, 6) is -0.0615.